The SMILES string of the molecule is Nc1c(Cl)cc(C(=O)NC2CCCCCC2O)cc1Cl. The van der Waals surface area contributed by atoms with Crippen LogP contribution in [0.5, 0.6) is 0 Å². The molecule has 110 valence electrons. The van der Waals surface area contributed by atoms with Crippen molar-refractivity contribution in [2.45, 2.75) is 44.2 Å². The third-order valence-electron chi connectivity index (χ3n) is 3.64. The first-order chi connectivity index (χ1) is 9.49. The number of rotatable bonds is 2. The number of carbonyl (C=O) groups is 1. The fourth-order valence-corrected chi connectivity index (χ4v) is 2.91. The Balaban J connectivity index is 2.11. The highest BCUT2D eigenvalue weighted by Gasteiger charge is 2.24. The Morgan fingerprint density at radius 3 is 2.45 bits per heavy atom. The number of aliphatic hydroxyl groups is 1. The summed E-state index contributed by atoms with van der Waals surface area (Å²) in [7, 11) is 0. The van der Waals surface area contributed by atoms with Crippen LogP contribution < -0.4 is 11.1 Å². The molecule has 1 aliphatic rings. The highest BCUT2D eigenvalue weighted by Crippen LogP contribution is 2.29. The van der Waals surface area contributed by atoms with Crippen LogP contribution in [-0.2, 0) is 0 Å². The molecule has 1 aromatic rings. The van der Waals surface area contributed by atoms with E-state index in [-0.39, 0.29) is 27.7 Å². The van der Waals surface area contributed by atoms with E-state index in [0.717, 1.165) is 25.7 Å². The maximum absolute atomic E-state index is 12.2. The normalized spacial score (nSPS) is 23.1. The Morgan fingerprint density at radius 1 is 1.20 bits per heavy atom. The van der Waals surface area contributed by atoms with Gasteiger partial charge in [0.05, 0.1) is 27.9 Å². The third-order valence-corrected chi connectivity index (χ3v) is 4.26. The first-order valence-electron chi connectivity index (χ1n) is 6.72. The molecule has 2 rings (SSSR count). The summed E-state index contributed by atoms with van der Waals surface area (Å²) >= 11 is 11.8. The van der Waals surface area contributed by atoms with Gasteiger partial charge < -0.3 is 16.2 Å². The summed E-state index contributed by atoms with van der Waals surface area (Å²) in [6, 6.07) is 2.75. The number of benzene rings is 1. The van der Waals surface area contributed by atoms with E-state index in [1.54, 1.807) is 0 Å². The molecule has 0 aliphatic heterocycles. The van der Waals surface area contributed by atoms with Gasteiger partial charge in [-0.05, 0) is 25.0 Å². The van der Waals surface area contributed by atoms with Crippen LogP contribution in [0, 0.1) is 0 Å². The number of aliphatic hydroxyl groups excluding tert-OH is 1. The predicted molar refractivity (Wildman–Crippen MR) is 81.2 cm³/mol. The molecular formula is C14H18Cl2N2O2. The zero-order valence-electron chi connectivity index (χ0n) is 11.0. The van der Waals surface area contributed by atoms with Gasteiger partial charge in [-0.25, -0.2) is 0 Å². The van der Waals surface area contributed by atoms with Gasteiger partial charge in [0.25, 0.3) is 5.91 Å². The van der Waals surface area contributed by atoms with Crippen molar-refractivity contribution in [2.75, 3.05) is 5.73 Å². The van der Waals surface area contributed by atoms with Crippen LogP contribution in [0.1, 0.15) is 42.5 Å². The highest BCUT2D eigenvalue weighted by molar-refractivity contribution is 6.39. The number of halogens is 2. The summed E-state index contributed by atoms with van der Waals surface area (Å²) in [6.45, 7) is 0. The Morgan fingerprint density at radius 2 is 1.80 bits per heavy atom. The lowest BCUT2D eigenvalue weighted by atomic mass is 10.1. The zero-order chi connectivity index (χ0) is 14.7. The second kappa shape index (κ2) is 6.66. The van der Waals surface area contributed by atoms with Crippen LogP contribution in [0.25, 0.3) is 0 Å². The van der Waals surface area contributed by atoms with E-state index in [1.807, 2.05) is 0 Å². The van der Waals surface area contributed by atoms with Gasteiger partial charge in [0.15, 0.2) is 0 Å². The quantitative estimate of drug-likeness (QED) is 0.580. The lowest BCUT2D eigenvalue weighted by Crippen LogP contribution is -2.42. The standard InChI is InChI=1S/C14H18Cl2N2O2/c15-9-6-8(7-10(16)13(9)17)14(20)18-11-4-2-1-3-5-12(11)19/h6-7,11-12,19H,1-5,17H2,(H,18,20). The summed E-state index contributed by atoms with van der Waals surface area (Å²) in [5, 5.41) is 13.4. The first kappa shape index (κ1) is 15.4. The van der Waals surface area contributed by atoms with E-state index in [1.165, 1.54) is 12.1 Å². The fourth-order valence-electron chi connectivity index (χ4n) is 2.42. The Hall–Kier alpha value is -0.970. The number of carbonyl (C=O) groups excluding carboxylic acids is 1. The van der Waals surface area contributed by atoms with Crippen molar-refractivity contribution in [1.82, 2.24) is 5.32 Å². The van der Waals surface area contributed by atoms with Crippen LogP contribution in [0.4, 0.5) is 5.69 Å². The number of nitrogens with two attached hydrogens (primary N) is 1. The largest absolute Gasteiger partial charge is 0.396 e. The van der Waals surface area contributed by atoms with Gasteiger partial charge in [-0.3, -0.25) is 4.79 Å². The summed E-state index contributed by atoms with van der Waals surface area (Å²) < 4.78 is 0. The molecule has 1 aliphatic carbocycles. The molecule has 2 atom stereocenters. The monoisotopic (exact) mass is 316 g/mol. The molecule has 1 aromatic carbocycles. The van der Waals surface area contributed by atoms with Gasteiger partial charge in [0.2, 0.25) is 0 Å². The van der Waals surface area contributed by atoms with E-state index in [4.69, 9.17) is 28.9 Å². The molecule has 0 aromatic heterocycles. The van der Waals surface area contributed by atoms with Crippen LogP contribution in [0.15, 0.2) is 12.1 Å². The van der Waals surface area contributed by atoms with Crippen molar-refractivity contribution < 1.29 is 9.90 Å². The van der Waals surface area contributed by atoms with Crippen molar-refractivity contribution in [3.8, 4) is 0 Å². The number of nitrogen functional groups attached to an aromatic ring is 1. The van der Waals surface area contributed by atoms with E-state index >= 15 is 0 Å². The van der Waals surface area contributed by atoms with Crippen LogP contribution in [-0.4, -0.2) is 23.2 Å². The summed E-state index contributed by atoms with van der Waals surface area (Å²) in [5.41, 5.74) is 6.26. The Bertz CT molecular complexity index is 485. The van der Waals surface area contributed by atoms with Gasteiger partial charge in [-0.15, -0.1) is 0 Å². The van der Waals surface area contributed by atoms with Crippen LogP contribution in [0.2, 0.25) is 10.0 Å². The summed E-state index contributed by atoms with van der Waals surface area (Å²) in [6.07, 6.45) is 4.08. The molecular weight excluding hydrogens is 299 g/mol. The molecule has 4 nitrogen and oxygen atoms in total. The molecule has 1 saturated carbocycles. The number of hydrogen-bond donors (Lipinski definition) is 3. The minimum atomic E-state index is -0.499. The number of nitrogens with one attached hydrogen (secondary N) is 1. The van der Waals surface area contributed by atoms with Crippen molar-refractivity contribution in [2.24, 2.45) is 0 Å². The van der Waals surface area contributed by atoms with E-state index < -0.39 is 6.10 Å². The van der Waals surface area contributed by atoms with E-state index in [2.05, 4.69) is 5.32 Å². The summed E-state index contributed by atoms with van der Waals surface area (Å²) in [5.74, 6) is -0.292. The molecule has 1 fully saturated rings. The second-order valence-corrected chi connectivity index (χ2v) is 5.95. The number of amides is 1. The fraction of sp³-hybridized carbons (Fsp3) is 0.500. The van der Waals surface area contributed by atoms with Gasteiger partial charge in [0.1, 0.15) is 0 Å². The van der Waals surface area contributed by atoms with Gasteiger partial charge >= 0.3 is 0 Å². The highest BCUT2D eigenvalue weighted by atomic mass is 35.5. The summed E-state index contributed by atoms with van der Waals surface area (Å²) in [4.78, 5) is 12.2. The Kier molecular flexibility index (Phi) is 5.13. The van der Waals surface area contributed by atoms with Crippen LogP contribution >= 0.6 is 23.2 Å². The minimum Gasteiger partial charge on any atom is -0.396 e. The molecule has 0 heterocycles. The zero-order valence-corrected chi connectivity index (χ0v) is 12.5. The van der Waals surface area contributed by atoms with Gasteiger partial charge in [-0.1, -0.05) is 42.5 Å². The van der Waals surface area contributed by atoms with E-state index in [0.29, 0.717) is 12.0 Å². The molecule has 20 heavy (non-hydrogen) atoms. The second-order valence-electron chi connectivity index (χ2n) is 5.14. The third kappa shape index (κ3) is 3.57. The molecule has 0 bridgehead atoms. The minimum absolute atomic E-state index is 0.222. The number of hydrogen-bond acceptors (Lipinski definition) is 3. The topological polar surface area (TPSA) is 75.4 Å². The van der Waals surface area contributed by atoms with Crippen molar-refractivity contribution in [3.05, 3.63) is 27.7 Å². The lowest BCUT2D eigenvalue weighted by Gasteiger charge is -2.22. The molecule has 4 N–H and O–H groups in total. The smallest absolute Gasteiger partial charge is 0.251 e. The molecule has 1 amide bonds. The Labute approximate surface area is 128 Å². The first-order valence-corrected chi connectivity index (χ1v) is 7.48. The van der Waals surface area contributed by atoms with Crippen molar-refractivity contribution in [1.29, 1.82) is 0 Å². The predicted octanol–water partition coefficient (Wildman–Crippen LogP) is 3.00. The van der Waals surface area contributed by atoms with Crippen molar-refractivity contribution >= 4 is 34.8 Å². The van der Waals surface area contributed by atoms with Crippen LogP contribution in [0.3, 0.4) is 0 Å². The molecule has 2 unspecified atom stereocenters. The number of anilines is 1. The van der Waals surface area contributed by atoms with Gasteiger partial charge in [0, 0.05) is 5.56 Å². The maximum atomic E-state index is 12.2. The van der Waals surface area contributed by atoms with Gasteiger partial charge in [-0.2, -0.15) is 0 Å². The molecule has 0 spiro atoms. The average Bonchev–Trinajstić information content (AvgIpc) is 2.61. The maximum Gasteiger partial charge on any atom is 0.251 e. The lowest BCUT2D eigenvalue weighted by molar-refractivity contribution is 0.0819. The molecule has 6 heteroatoms. The van der Waals surface area contributed by atoms with E-state index in [9.17, 15) is 9.90 Å². The van der Waals surface area contributed by atoms with Crippen molar-refractivity contribution in [3.63, 3.8) is 0 Å². The molecule has 0 radical (unpaired) electrons. The average molecular weight is 317 g/mol. The molecule has 0 saturated heterocycles.